The average molecular weight is 481 g/mol. The lowest BCUT2D eigenvalue weighted by Gasteiger charge is -2.26. The van der Waals surface area contributed by atoms with Gasteiger partial charge in [-0.15, -0.1) is 0 Å². The van der Waals surface area contributed by atoms with Gasteiger partial charge >= 0.3 is 12.4 Å². The fourth-order valence-electron chi connectivity index (χ4n) is 3.30. The zero-order valence-corrected chi connectivity index (χ0v) is 17.8. The highest BCUT2D eigenvalue weighted by Crippen LogP contribution is 2.42. The van der Waals surface area contributed by atoms with Gasteiger partial charge in [-0.1, -0.05) is 30.0 Å². The molecule has 0 aromatic heterocycles. The van der Waals surface area contributed by atoms with Gasteiger partial charge < -0.3 is 15.2 Å². The van der Waals surface area contributed by atoms with Gasteiger partial charge in [-0.25, -0.2) is 0 Å². The van der Waals surface area contributed by atoms with Crippen LogP contribution < -0.4 is 10.1 Å². The molecule has 1 saturated heterocycles. The van der Waals surface area contributed by atoms with Gasteiger partial charge in [-0.3, -0.25) is 0 Å². The van der Waals surface area contributed by atoms with Crippen molar-refractivity contribution in [2.45, 2.75) is 36.7 Å². The van der Waals surface area contributed by atoms with Crippen LogP contribution in [0.25, 0.3) is 11.1 Å². The highest BCUT2D eigenvalue weighted by Gasteiger charge is 2.42. The Labute approximate surface area is 183 Å². The molecule has 31 heavy (non-hydrogen) atoms. The molecule has 1 heterocycles. The molecule has 0 amide bonds. The predicted molar refractivity (Wildman–Crippen MR) is 110 cm³/mol. The van der Waals surface area contributed by atoms with E-state index in [1.54, 1.807) is 13.0 Å². The van der Waals surface area contributed by atoms with Crippen molar-refractivity contribution >= 4 is 28.3 Å². The summed E-state index contributed by atoms with van der Waals surface area (Å²) < 4.78 is 84.4. The van der Waals surface area contributed by atoms with Crippen LogP contribution in [0.3, 0.4) is 0 Å². The number of aliphatic hydroxyl groups is 1. The Hall–Kier alpha value is -1.98. The topological polar surface area (TPSA) is 41.5 Å². The Morgan fingerprint density at radius 2 is 1.65 bits per heavy atom. The molecular formula is C20H17F6NO2S2. The van der Waals surface area contributed by atoms with Crippen molar-refractivity contribution in [3.05, 3.63) is 53.1 Å². The maximum absolute atomic E-state index is 13.3. The van der Waals surface area contributed by atoms with Gasteiger partial charge in [0.1, 0.15) is 16.3 Å². The zero-order chi connectivity index (χ0) is 23.2. The summed E-state index contributed by atoms with van der Waals surface area (Å²) in [6, 6.07) is 5.98. The van der Waals surface area contributed by atoms with Crippen LogP contribution in [-0.4, -0.2) is 27.5 Å². The van der Waals surface area contributed by atoms with E-state index >= 15 is 0 Å². The second-order valence-electron chi connectivity index (χ2n) is 7.26. The zero-order valence-electron chi connectivity index (χ0n) is 16.2. The Morgan fingerprint density at radius 1 is 1.06 bits per heavy atom. The lowest BCUT2D eigenvalue weighted by atomic mass is 9.93. The quantitative estimate of drug-likeness (QED) is 0.437. The Balaban J connectivity index is 2.11. The van der Waals surface area contributed by atoms with E-state index in [2.05, 4.69) is 5.32 Å². The second-order valence-corrected chi connectivity index (χ2v) is 9.47. The van der Waals surface area contributed by atoms with Gasteiger partial charge in [0.15, 0.2) is 0 Å². The summed E-state index contributed by atoms with van der Waals surface area (Å²) in [4.78, 5) is 0. The number of methoxy groups -OCH3 is 1. The number of halogens is 6. The lowest BCUT2D eigenvalue weighted by Crippen LogP contribution is -2.40. The molecule has 0 radical (unpaired) electrons. The van der Waals surface area contributed by atoms with E-state index in [1.165, 1.54) is 31.0 Å². The first kappa shape index (κ1) is 23.7. The van der Waals surface area contributed by atoms with Gasteiger partial charge in [-0.2, -0.15) is 26.3 Å². The number of rotatable bonds is 4. The summed E-state index contributed by atoms with van der Waals surface area (Å²) in [6.07, 6.45) is -10.6. The van der Waals surface area contributed by atoms with Crippen LogP contribution in [0.15, 0.2) is 36.4 Å². The van der Waals surface area contributed by atoms with Gasteiger partial charge in [0.2, 0.25) is 0 Å². The largest absolute Gasteiger partial charge is 0.496 e. The van der Waals surface area contributed by atoms with E-state index < -0.39 is 34.5 Å². The highest BCUT2D eigenvalue weighted by atomic mass is 32.2. The van der Waals surface area contributed by atoms with Crippen molar-refractivity contribution in [3.63, 3.8) is 0 Å². The number of aliphatic hydroxyl groups excluding tert-OH is 1. The van der Waals surface area contributed by atoms with Gasteiger partial charge in [0.05, 0.1) is 23.0 Å². The number of benzene rings is 2. The molecule has 3 rings (SSSR count). The summed E-state index contributed by atoms with van der Waals surface area (Å²) in [5, 5.41) is 12.9. The fraction of sp³-hybridized carbons (Fsp3) is 0.350. The molecule has 168 valence electrons. The fourth-order valence-corrected chi connectivity index (χ4v) is 4.99. The van der Waals surface area contributed by atoms with Crippen LogP contribution in [0, 0.1) is 0 Å². The maximum Gasteiger partial charge on any atom is 0.416 e. The third-order valence-corrected chi connectivity index (χ3v) is 6.38. The Kier molecular flexibility index (Phi) is 6.25. The molecule has 1 fully saturated rings. The molecule has 3 nitrogen and oxygen atoms in total. The average Bonchev–Trinajstić information content (AvgIpc) is 2.91. The molecule has 0 aliphatic carbocycles. The SMILES string of the molecule is COc1ccc(CC2(C)SC(=S)NC2O)cc1-c1cc(C(F)(F)F)cc(C(F)(F)F)c1. The van der Waals surface area contributed by atoms with E-state index in [0.717, 1.165) is 0 Å². The van der Waals surface area contributed by atoms with Crippen molar-refractivity contribution in [2.75, 3.05) is 7.11 Å². The standard InChI is InChI=1S/C20H17F6NO2S2/c1-18(16(28)27-17(30)31-18)9-10-3-4-15(29-2)14(5-10)11-6-12(19(21,22)23)8-13(7-11)20(24,25)26/h3-8,16,28H,9H2,1-2H3,(H,27,30). The van der Waals surface area contributed by atoms with Crippen molar-refractivity contribution in [3.8, 4) is 16.9 Å². The molecule has 2 unspecified atom stereocenters. The van der Waals surface area contributed by atoms with Crippen molar-refractivity contribution < 1.29 is 36.2 Å². The van der Waals surface area contributed by atoms with Gasteiger partial charge in [0.25, 0.3) is 0 Å². The first-order valence-electron chi connectivity index (χ1n) is 8.87. The van der Waals surface area contributed by atoms with E-state index in [4.69, 9.17) is 17.0 Å². The summed E-state index contributed by atoms with van der Waals surface area (Å²) in [5.41, 5.74) is -2.43. The molecule has 1 aliphatic rings. The summed E-state index contributed by atoms with van der Waals surface area (Å²) in [6.45, 7) is 1.75. The molecule has 1 aliphatic heterocycles. The second kappa shape index (κ2) is 8.18. The van der Waals surface area contributed by atoms with Crippen LogP contribution in [-0.2, 0) is 18.8 Å². The minimum absolute atomic E-state index is 0.0771. The molecule has 2 aromatic rings. The first-order chi connectivity index (χ1) is 14.2. The smallest absolute Gasteiger partial charge is 0.416 e. The number of ether oxygens (including phenoxy) is 1. The molecule has 2 atom stereocenters. The van der Waals surface area contributed by atoms with Crippen molar-refractivity contribution in [1.29, 1.82) is 0 Å². The minimum Gasteiger partial charge on any atom is -0.496 e. The predicted octanol–water partition coefficient (Wildman–Crippen LogP) is 5.64. The van der Waals surface area contributed by atoms with E-state index in [9.17, 15) is 31.4 Å². The molecule has 11 heteroatoms. The summed E-state index contributed by atoms with van der Waals surface area (Å²) in [7, 11) is 1.27. The number of hydrogen-bond acceptors (Lipinski definition) is 4. The number of alkyl halides is 6. The third-order valence-electron chi connectivity index (χ3n) is 4.88. The Bertz CT molecular complexity index is 976. The monoisotopic (exact) mass is 481 g/mol. The van der Waals surface area contributed by atoms with Crippen molar-refractivity contribution in [2.24, 2.45) is 0 Å². The van der Waals surface area contributed by atoms with Gasteiger partial charge in [-0.05, 0) is 54.8 Å². The van der Waals surface area contributed by atoms with E-state index in [-0.39, 0.29) is 29.4 Å². The molecular weight excluding hydrogens is 464 g/mol. The minimum atomic E-state index is -4.96. The molecule has 0 saturated carbocycles. The Morgan fingerprint density at radius 3 is 2.10 bits per heavy atom. The molecule has 2 aromatic carbocycles. The third kappa shape index (κ3) is 5.09. The normalized spacial score (nSPS) is 21.8. The van der Waals surface area contributed by atoms with E-state index in [1.807, 2.05) is 0 Å². The van der Waals surface area contributed by atoms with Crippen LogP contribution >= 0.6 is 24.0 Å². The number of hydrogen-bond donors (Lipinski definition) is 2. The molecule has 2 N–H and O–H groups in total. The van der Waals surface area contributed by atoms with E-state index in [0.29, 0.717) is 22.0 Å². The van der Waals surface area contributed by atoms with Crippen LogP contribution in [0.5, 0.6) is 5.75 Å². The van der Waals surface area contributed by atoms with Crippen LogP contribution in [0.1, 0.15) is 23.6 Å². The van der Waals surface area contributed by atoms with Crippen molar-refractivity contribution in [1.82, 2.24) is 5.32 Å². The number of thioether (sulfide) groups is 1. The molecule has 0 bridgehead atoms. The van der Waals surface area contributed by atoms with Crippen LogP contribution in [0.4, 0.5) is 26.3 Å². The summed E-state index contributed by atoms with van der Waals surface area (Å²) in [5.74, 6) is 0.120. The maximum atomic E-state index is 13.3. The highest BCUT2D eigenvalue weighted by molar-refractivity contribution is 8.24. The van der Waals surface area contributed by atoms with Gasteiger partial charge in [0, 0.05) is 5.56 Å². The van der Waals surface area contributed by atoms with Crippen LogP contribution in [0.2, 0.25) is 0 Å². The lowest BCUT2D eigenvalue weighted by molar-refractivity contribution is -0.143. The molecule has 0 spiro atoms. The summed E-state index contributed by atoms with van der Waals surface area (Å²) >= 11 is 6.30. The number of thiocarbonyl (C=S) groups is 1. The number of nitrogens with one attached hydrogen (secondary N) is 1. The first-order valence-corrected chi connectivity index (χ1v) is 10.1.